The van der Waals surface area contributed by atoms with E-state index in [0.29, 0.717) is 0 Å². The highest BCUT2D eigenvalue weighted by Gasteiger charge is 2.62. The summed E-state index contributed by atoms with van der Waals surface area (Å²) < 4.78 is 11.9. The van der Waals surface area contributed by atoms with Gasteiger partial charge in [-0.3, -0.25) is 4.79 Å². The molecule has 3 atom stereocenters. The fraction of sp³-hybridized carbons (Fsp3) is 0.652. The van der Waals surface area contributed by atoms with Crippen LogP contribution < -0.4 is 0 Å². The Morgan fingerprint density at radius 2 is 1.65 bits per heavy atom. The number of carbonyl (C=O) groups excluding carboxylic acids is 2. The Hall–Kier alpha value is -1.74. The number of nitrogens with zero attached hydrogens (tertiary/aromatic N) is 1. The third-order valence-corrected chi connectivity index (χ3v) is 10.7. The lowest BCUT2D eigenvalue weighted by Crippen LogP contribution is -2.61. The van der Waals surface area contributed by atoms with Gasteiger partial charge in [-0.2, -0.15) is 0 Å². The highest BCUT2D eigenvalue weighted by Crippen LogP contribution is 2.41. The number of likely N-dealkylation sites (tertiary alicyclic amines) is 1. The van der Waals surface area contributed by atoms with Gasteiger partial charge in [-0.1, -0.05) is 51.1 Å². The van der Waals surface area contributed by atoms with Crippen molar-refractivity contribution in [2.24, 2.45) is 0 Å². The number of ether oxygens (including phenoxy) is 1. The molecule has 1 fully saturated rings. The van der Waals surface area contributed by atoms with Crippen LogP contribution in [0.15, 0.2) is 30.3 Å². The standard InChI is InChI=1S/C23H37NO6Si/c1-21(2,3)30-20(28)24-19(27)17(25)18(26)23(24,14-16-12-10-9-11-13-16)15-29-31(7,8)22(4,5)6/h9-13,17-18,25-26H,14-15H2,1-8H3. The molecular formula is C23H37NO6Si. The summed E-state index contributed by atoms with van der Waals surface area (Å²) in [5.74, 6) is -0.878. The molecule has 7 nitrogen and oxygen atoms in total. The summed E-state index contributed by atoms with van der Waals surface area (Å²) in [5, 5.41) is 21.4. The average Bonchev–Trinajstić information content (AvgIpc) is 2.80. The van der Waals surface area contributed by atoms with Crippen molar-refractivity contribution in [2.75, 3.05) is 6.61 Å². The van der Waals surface area contributed by atoms with Gasteiger partial charge in [-0.05, 0) is 44.5 Å². The number of imide groups is 1. The molecule has 8 heteroatoms. The van der Waals surface area contributed by atoms with Crippen LogP contribution in [-0.2, 0) is 20.4 Å². The van der Waals surface area contributed by atoms with Crippen molar-refractivity contribution < 1.29 is 29.0 Å². The molecule has 1 aromatic rings. The maximum Gasteiger partial charge on any atom is 0.417 e. The van der Waals surface area contributed by atoms with Crippen LogP contribution >= 0.6 is 0 Å². The van der Waals surface area contributed by atoms with Crippen molar-refractivity contribution in [1.82, 2.24) is 4.90 Å². The molecule has 0 saturated carbocycles. The second-order valence-corrected chi connectivity index (χ2v) is 15.7. The van der Waals surface area contributed by atoms with Crippen LogP contribution in [0.25, 0.3) is 0 Å². The fourth-order valence-electron chi connectivity index (χ4n) is 3.35. The SMILES string of the molecule is CC(C)(C)OC(=O)N1C(=O)C(O)C(O)C1(CO[Si](C)(C)C(C)(C)C)Cc1ccccc1. The van der Waals surface area contributed by atoms with Crippen molar-refractivity contribution in [1.29, 1.82) is 0 Å². The summed E-state index contributed by atoms with van der Waals surface area (Å²) in [4.78, 5) is 26.9. The second kappa shape index (κ2) is 8.65. The minimum absolute atomic E-state index is 0.0956. The maximum absolute atomic E-state index is 13.1. The molecular weight excluding hydrogens is 414 g/mol. The first-order valence-corrected chi connectivity index (χ1v) is 13.5. The Morgan fingerprint density at radius 1 is 1.10 bits per heavy atom. The van der Waals surface area contributed by atoms with Crippen LogP contribution in [0.2, 0.25) is 18.1 Å². The van der Waals surface area contributed by atoms with Crippen molar-refractivity contribution in [3.05, 3.63) is 35.9 Å². The van der Waals surface area contributed by atoms with E-state index in [-0.39, 0.29) is 18.1 Å². The quantitative estimate of drug-likeness (QED) is 0.665. The Morgan fingerprint density at radius 3 is 2.13 bits per heavy atom. The Bertz CT molecular complexity index is 799. The molecule has 1 saturated heterocycles. The molecule has 174 valence electrons. The predicted molar refractivity (Wildman–Crippen MR) is 121 cm³/mol. The van der Waals surface area contributed by atoms with Crippen LogP contribution in [-0.4, -0.2) is 65.4 Å². The molecule has 1 aliphatic heterocycles. The zero-order valence-electron chi connectivity index (χ0n) is 19.9. The van der Waals surface area contributed by atoms with Gasteiger partial charge >= 0.3 is 6.09 Å². The third-order valence-electron chi connectivity index (χ3n) is 6.19. The summed E-state index contributed by atoms with van der Waals surface area (Å²) >= 11 is 0. The van der Waals surface area contributed by atoms with Crippen LogP contribution in [0.1, 0.15) is 47.1 Å². The van der Waals surface area contributed by atoms with E-state index in [9.17, 15) is 19.8 Å². The minimum atomic E-state index is -2.30. The first-order valence-electron chi connectivity index (χ1n) is 10.6. The van der Waals surface area contributed by atoms with E-state index in [4.69, 9.17) is 9.16 Å². The second-order valence-electron chi connectivity index (χ2n) is 10.9. The van der Waals surface area contributed by atoms with Crippen LogP contribution in [0.5, 0.6) is 0 Å². The molecule has 0 radical (unpaired) electrons. The Kier molecular flexibility index (Phi) is 7.12. The van der Waals surface area contributed by atoms with E-state index >= 15 is 0 Å². The van der Waals surface area contributed by atoms with Crippen molar-refractivity contribution in [2.45, 2.75) is 89.4 Å². The summed E-state index contributed by atoms with van der Waals surface area (Å²) in [7, 11) is -2.30. The van der Waals surface area contributed by atoms with Crippen LogP contribution in [0, 0.1) is 0 Å². The number of benzene rings is 1. The van der Waals surface area contributed by atoms with Gasteiger partial charge in [-0.15, -0.1) is 0 Å². The lowest BCUT2D eigenvalue weighted by Gasteiger charge is -2.43. The van der Waals surface area contributed by atoms with Gasteiger partial charge in [0.2, 0.25) is 0 Å². The Labute approximate surface area is 186 Å². The molecule has 31 heavy (non-hydrogen) atoms. The number of aliphatic hydroxyl groups is 2. The molecule has 2 amide bonds. The smallest absolute Gasteiger partial charge is 0.417 e. The molecule has 1 aromatic carbocycles. The third kappa shape index (κ3) is 5.37. The molecule has 3 unspecified atom stereocenters. The number of amides is 2. The molecule has 0 aromatic heterocycles. The molecule has 0 bridgehead atoms. The monoisotopic (exact) mass is 451 g/mol. The number of rotatable bonds is 5. The van der Waals surface area contributed by atoms with Gasteiger partial charge in [0.1, 0.15) is 17.2 Å². The largest absolute Gasteiger partial charge is 0.443 e. The van der Waals surface area contributed by atoms with Crippen molar-refractivity contribution in [3.63, 3.8) is 0 Å². The number of carbonyl (C=O) groups is 2. The van der Waals surface area contributed by atoms with Gasteiger partial charge in [0, 0.05) is 6.42 Å². The van der Waals surface area contributed by atoms with Crippen LogP contribution in [0.4, 0.5) is 4.79 Å². The zero-order valence-corrected chi connectivity index (χ0v) is 20.9. The predicted octanol–water partition coefficient (Wildman–Crippen LogP) is 3.49. The summed E-state index contributed by atoms with van der Waals surface area (Å²) in [5.41, 5.74) is -1.54. The first kappa shape index (κ1) is 25.5. The lowest BCUT2D eigenvalue weighted by atomic mass is 9.86. The molecule has 1 heterocycles. The van der Waals surface area contributed by atoms with Gasteiger partial charge < -0.3 is 19.4 Å². The zero-order chi connectivity index (χ0) is 23.8. The number of hydrogen-bond acceptors (Lipinski definition) is 6. The summed E-state index contributed by atoms with van der Waals surface area (Å²) in [6, 6.07) is 9.25. The number of hydrogen-bond donors (Lipinski definition) is 2. The first-order chi connectivity index (χ1) is 14.0. The Balaban J connectivity index is 2.55. The molecule has 0 spiro atoms. The van der Waals surface area contributed by atoms with Crippen molar-refractivity contribution >= 4 is 20.3 Å². The van der Waals surface area contributed by atoms with E-state index in [2.05, 4.69) is 33.9 Å². The van der Waals surface area contributed by atoms with Crippen molar-refractivity contribution in [3.8, 4) is 0 Å². The maximum atomic E-state index is 13.1. The van der Waals surface area contributed by atoms with E-state index in [0.717, 1.165) is 10.5 Å². The molecule has 2 N–H and O–H groups in total. The highest BCUT2D eigenvalue weighted by molar-refractivity contribution is 6.74. The fourth-order valence-corrected chi connectivity index (χ4v) is 4.39. The highest BCUT2D eigenvalue weighted by atomic mass is 28.4. The van der Waals surface area contributed by atoms with Gasteiger partial charge in [0.25, 0.3) is 5.91 Å². The van der Waals surface area contributed by atoms with Crippen LogP contribution in [0.3, 0.4) is 0 Å². The minimum Gasteiger partial charge on any atom is -0.443 e. The normalized spacial score (nSPS) is 25.1. The van der Waals surface area contributed by atoms with E-state index < -0.39 is 43.7 Å². The number of aliphatic hydroxyl groups excluding tert-OH is 2. The topological polar surface area (TPSA) is 96.3 Å². The molecule has 2 rings (SSSR count). The van der Waals surface area contributed by atoms with Gasteiger partial charge in [-0.25, -0.2) is 9.69 Å². The van der Waals surface area contributed by atoms with E-state index in [1.165, 1.54) is 0 Å². The van der Waals surface area contributed by atoms with E-state index in [1.807, 2.05) is 30.3 Å². The average molecular weight is 452 g/mol. The summed E-state index contributed by atoms with van der Waals surface area (Å²) in [6.45, 7) is 15.4. The van der Waals surface area contributed by atoms with E-state index in [1.54, 1.807) is 20.8 Å². The van der Waals surface area contributed by atoms with Gasteiger partial charge in [0.05, 0.1) is 6.61 Å². The lowest BCUT2D eigenvalue weighted by molar-refractivity contribution is -0.136. The molecule has 0 aliphatic carbocycles. The summed E-state index contributed by atoms with van der Waals surface area (Å²) in [6.07, 6.45) is -4.02. The van der Waals surface area contributed by atoms with Gasteiger partial charge in [0.15, 0.2) is 14.4 Å². The molecule has 1 aliphatic rings.